The van der Waals surface area contributed by atoms with Crippen molar-refractivity contribution in [2.75, 3.05) is 18.6 Å². The molecule has 2 aromatic rings. The van der Waals surface area contributed by atoms with E-state index in [4.69, 9.17) is 21.1 Å². The summed E-state index contributed by atoms with van der Waals surface area (Å²) in [6.45, 7) is 8.11. The molecule has 2 aromatic carbocycles. The molecule has 0 radical (unpaired) electrons. The largest absolute Gasteiger partial charge is 0.508 e. The summed E-state index contributed by atoms with van der Waals surface area (Å²) in [5.74, 6) is -1.19. The zero-order valence-corrected chi connectivity index (χ0v) is 20.3. The minimum atomic E-state index is -1.61. The molecule has 0 aromatic heterocycles. The van der Waals surface area contributed by atoms with E-state index >= 15 is 0 Å². The van der Waals surface area contributed by atoms with Gasteiger partial charge in [-0.2, -0.15) is 0 Å². The van der Waals surface area contributed by atoms with Crippen LogP contribution in [0.1, 0.15) is 57.8 Å². The molecule has 0 saturated carbocycles. The summed E-state index contributed by atoms with van der Waals surface area (Å²) in [6, 6.07) is 9.78. The Bertz CT molecular complexity index is 1060. The standard InChI is InChI=1S/C25H30ClNO6/c1-6-25(13-21(29)30)23(31)27(14-24(2,3)4)19-10-7-15(26)11-18(19)22(33-25)17-9-8-16(28)12-20(17)32-5/h7-12,22,28H,6,13-14H2,1-5H3,(H,29,30). The molecule has 1 aliphatic heterocycles. The Hall–Kier alpha value is -2.77. The molecule has 1 heterocycles. The summed E-state index contributed by atoms with van der Waals surface area (Å²) in [5.41, 5.74) is -0.126. The quantitative estimate of drug-likeness (QED) is 0.597. The van der Waals surface area contributed by atoms with E-state index in [0.29, 0.717) is 34.1 Å². The fourth-order valence-electron chi connectivity index (χ4n) is 4.18. The second-order valence-electron chi connectivity index (χ2n) is 9.50. The Kier molecular flexibility index (Phi) is 6.96. The number of benzene rings is 2. The lowest BCUT2D eigenvalue weighted by Gasteiger charge is -2.36. The van der Waals surface area contributed by atoms with Gasteiger partial charge in [0.1, 0.15) is 17.6 Å². The van der Waals surface area contributed by atoms with Gasteiger partial charge < -0.3 is 24.6 Å². The van der Waals surface area contributed by atoms with Gasteiger partial charge >= 0.3 is 5.97 Å². The molecule has 8 heteroatoms. The molecular weight excluding hydrogens is 446 g/mol. The maximum absolute atomic E-state index is 14.0. The number of halogens is 1. The monoisotopic (exact) mass is 475 g/mol. The predicted molar refractivity (Wildman–Crippen MR) is 126 cm³/mol. The first-order chi connectivity index (χ1) is 15.4. The van der Waals surface area contributed by atoms with Gasteiger partial charge in [0.15, 0.2) is 5.60 Å². The van der Waals surface area contributed by atoms with E-state index in [9.17, 15) is 19.8 Å². The molecule has 0 bridgehead atoms. The normalized spacial score (nSPS) is 20.8. The summed E-state index contributed by atoms with van der Waals surface area (Å²) in [7, 11) is 1.47. The van der Waals surface area contributed by atoms with E-state index in [1.165, 1.54) is 19.2 Å². The predicted octanol–water partition coefficient (Wildman–Crippen LogP) is 5.18. The zero-order chi connectivity index (χ0) is 24.6. The van der Waals surface area contributed by atoms with Crippen molar-refractivity contribution in [1.82, 2.24) is 0 Å². The number of rotatable bonds is 6. The Labute approximate surface area is 198 Å². The molecule has 2 atom stereocenters. The summed E-state index contributed by atoms with van der Waals surface area (Å²) < 4.78 is 12.0. The van der Waals surface area contributed by atoms with Crippen LogP contribution in [-0.4, -0.2) is 41.3 Å². The fourth-order valence-corrected chi connectivity index (χ4v) is 4.36. The van der Waals surface area contributed by atoms with Gasteiger partial charge in [0.25, 0.3) is 5.91 Å². The van der Waals surface area contributed by atoms with E-state index < -0.39 is 30.0 Å². The van der Waals surface area contributed by atoms with E-state index in [1.807, 2.05) is 20.8 Å². The van der Waals surface area contributed by atoms with Crippen molar-refractivity contribution in [3.05, 3.63) is 52.5 Å². The highest BCUT2D eigenvalue weighted by molar-refractivity contribution is 6.30. The van der Waals surface area contributed by atoms with Gasteiger partial charge in [-0.3, -0.25) is 9.59 Å². The number of carbonyl (C=O) groups excluding carboxylic acids is 1. The fraction of sp³-hybridized carbons (Fsp3) is 0.440. The number of carbonyl (C=O) groups is 2. The van der Waals surface area contributed by atoms with Crippen LogP contribution in [0.2, 0.25) is 5.02 Å². The van der Waals surface area contributed by atoms with E-state index in [-0.39, 0.29) is 17.6 Å². The van der Waals surface area contributed by atoms with Crippen molar-refractivity contribution in [1.29, 1.82) is 0 Å². The molecule has 7 nitrogen and oxygen atoms in total. The summed E-state index contributed by atoms with van der Waals surface area (Å²) in [4.78, 5) is 27.5. The summed E-state index contributed by atoms with van der Waals surface area (Å²) >= 11 is 6.36. The molecule has 1 aliphatic rings. The maximum Gasteiger partial charge on any atom is 0.306 e. The first kappa shape index (κ1) is 24.9. The number of phenolic OH excluding ortho intramolecular Hbond substituents is 1. The topological polar surface area (TPSA) is 96.3 Å². The number of anilines is 1. The zero-order valence-electron chi connectivity index (χ0n) is 19.5. The van der Waals surface area contributed by atoms with Gasteiger partial charge in [-0.1, -0.05) is 39.3 Å². The summed E-state index contributed by atoms with van der Waals surface area (Å²) in [6.07, 6.45) is -1.21. The van der Waals surface area contributed by atoms with Crippen LogP contribution in [0.5, 0.6) is 11.5 Å². The van der Waals surface area contributed by atoms with Gasteiger partial charge in [0.05, 0.1) is 13.5 Å². The molecular formula is C25H30ClNO6. The molecule has 0 saturated heterocycles. The smallest absolute Gasteiger partial charge is 0.306 e. The van der Waals surface area contributed by atoms with Crippen LogP contribution in [0.25, 0.3) is 0 Å². The van der Waals surface area contributed by atoms with Gasteiger partial charge in [-0.15, -0.1) is 0 Å². The third kappa shape index (κ3) is 5.09. The first-order valence-corrected chi connectivity index (χ1v) is 11.2. The van der Waals surface area contributed by atoms with E-state index in [0.717, 1.165) is 0 Å². The molecule has 0 fully saturated rings. The lowest BCUT2D eigenvalue weighted by atomic mass is 9.91. The van der Waals surface area contributed by atoms with Crippen molar-refractivity contribution >= 4 is 29.2 Å². The minimum Gasteiger partial charge on any atom is -0.508 e. The number of aromatic hydroxyl groups is 1. The van der Waals surface area contributed by atoms with Crippen molar-refractivity contribution in [3.63, 3.8) is 0 Å². The van der Waals surface area contributed by atoms with Crippen LogP contribution in [0.3, 0.4) is 0 Å². The lowest BCUT2D eigenvalue weighted by molar-refractivity contribution is -0.162. The number of nitrogens with zero attached hydrogens (tertiary/aromatic N) is 1. The van der Waals surface area contributed by atoms with Crippen molar-refractivity contribution < 1.29 is 29.3 Å². The van der Waals surface area contributed by atoms with Crippen LogP contribution in [0, 0.1) is 5.41 Å². The Morgan fingerprint density at radius 2 is 1.91 bits per heavy atom. The summed E-state index contributed by atoms with van der Waals surface area (Å²) in [5, 5.41) is 20.1. The van der Waals surface area contributed by atoms with Crippen LogP contribution in [0.15, 0.2) is 36.4 Å². The SMILES string of the molecule is CCC1(CC(=O)O)OC(c2ccc(O)cc2OC)c2cc(Cl)ccc2N(CC(C)(C)C)C1=O. The number of hydrogen-bond donors (Lipinski definition) is 2. The van der Waals surface area contributed by atoms with Crippen LogP contribution in [0.4, 0.5) is 5.69 Å². The molecule has 0 spiro atoms. The third-order valence-corrected chi connectivity index (χ3v) is 5.92. The van der Waals surface area contributed by atoms with Crippen LogP contribution in [-0.2, 0) is 14.3 Å². The van der Waals surface area contributed by atoms with Crippen molar-refractivity contribution in [2.45, 2.75) is 52.2 Å². The Balaban J connectivity index is 2.34. The number of methoxy groups -OCH3 is 1. The highest BCUT2D eigenvalue weighted by atomic mass is 35.5. The van der Waals surface area contributed by atoms with Gasteiger partial charge in [0, 0.05) is 34.4 Å². The first-order valence-electron chi connectivity index (χ1n) is 10.8. The van der Waals surface area contributed by atoms with E-state index in [1.54, 1.807) is 36.1 Å². The maximum atomic E-state index is 14.0. The number of carboxylic acids is 1. The van der Waals surface area contributed by atoms with Gasteiger partial charge in [-0.05, 0) is 42.2 Å². The number of ether oxygens (including phenoxy) is 2. The second kappa shape index (κ2) is 9.23. The average Bonchev–Trinajstić information content (AvgIpc) is 2.81. The lowest BCUT2D eigenvalue weighted by Crippen LogP contribution is -2.52. The van der Waals surface area contributed by atoms with Gasteiger partial charge in [0.2, 0.25) is 0 Å². The molecule has 178 valence electrons. The molecule has 0 aliphatic carbocycles. The number of carboxylic acid groups (broad SMARTS) is 1. The van der Waals surface area contributed by atoms with Crippen molar-refractivity contribution in [2.24, 2.45) is 5.41 Å². The highest BCUT2D eigenvalue weighted by Crippen LogP contribution is 2.47. The number of aliphatic carboxylic acids is 1. The minimum absolute atomic E-state index is 0.00765. The molecule has 1 amide bonds. The number of hydrogen-bond acceptors (Lipinski definition) is 5. The van der Waals surface area contributed by atoms with E-state index in [2.05, 4.69) is 0 Å². The Morgan fingerprint density at radius 3 is 2.48 bits per heavy atom. The molecule has 2 N–H and O–H groups in total. The molecule has 33 heavy (non-hydrogen) atoms. The van der Waals surface area contributed by atoms with Crippen LogP contribution >= 0.6 is 11.6 Å². The average molecular weight is 476 g/mol. The number of fused-ring (bicyclic) bond motifs is 1. The molecule has 2 unspecified atom stereocenters. The number of amides is 1. The second-order valence-corrected chi connectivity index (χ2v) is 9.93. The Morgan fingerprint density at radius 1 is 1.21 bits per heavy atom. The van der Waals surface area contributed by atoms with Crippen molar-refractivity contribution in [3.8, 4) is 11.5 Å². The number of phenols is 1. The van der Waals surface area contributed by atoms with Crippen LogP contribution < -0.4 is 9.64 Å². The van der Waals surface area contributed by atoms with Gasteiger partial charge in [-0.25, -0.2) is 0 Å². The molecule has 3 rings (SSSR count). The highest BCUT2D eigenvalue weighted by Gasteiger charge is 2.49. The third-order valence-electron chi connectivity index (χ3n) is 5.68.